The number of benzene rings is 1. The van der Waals surface area contributed by atoms with Crippen LogP contribution in [0.25, 0.3) is 0 Å². The Labute approximate surface area is 169 Å². The summed E-state index contributed by atoms with van der Waals surface area (Å²) in [6, 6.07) is 13.3. The molecule has 3 heterocycles. The van der Waals surface area contributed by atoms with Gasteiger partial charge < -0.3 is 14.7 Å². The largest absolute Gasteiger partial charge is 0.353 e. The van der Waals surface area contributed by atoms with Crippen molar-refractivity contribution in [1.82, 2.24) is 14.8 Å². The second kappa shape index (κ2) is 8.19. The van der Waals surface area contributed by atoms with Crippen molar-refractivity contribution in [2.45, 2.75) is 13.0 Å². The lowest BCUT2D eigenvalue weighted by Gasteiger charge is -2.36. The first kappa shape index (κ1) is 18.7. The molecular formula is C21H23ClN4O2. The van der Waals surface area contributed by atoms with Crippen LogP contribution < -0.4 is 4.90 Å². The third-order valence-corrected chi connectivity index (χ3v) is 5.67. The average Bonchev–Trinajstić information content (AvgIpc) is 3.10. The van der Waals surface area contributed by atoms with Crippen LogP contribution in [0.5, 0.6) is 0 Å². The number of nitrogens with zero attached hydrogens (tertiary/aromatic N) is 4. The number of carbonyl (C=O) groups excluding carboxylic acids is 2. The van der Waals surface area contributed by atoms with Crippen molar-refractivity contribution in [3.05, 3.63) is 59.2 Å². The Morgan fingerprint density at radius 2 is 1.82 bits per heavy atom. The van der Waals surface area contributed by atoms with Crippen molar-refractivity contribution >= 4 is 29.2 Å². The summed E-state index contributed by atoms with van der Waals surface area (Å²) < 4.78 is 0. The van der Waals surface area contributed by atoms with Gasteiger partial charge in [-0.25, -0.2) is 4.98 Å². The zero-order chi connectivity index (χ0) is 19.5. The molecule has 6 nitrogen and oxygen atoms in total. The molecular weight excluding hydrogens is 376 g/mol. The number of anilines is 1. The minimum atomic E-state index is -0.249. The Balaban J connectivity index is 1.32. The third kappa shape index (κ3) is 4.12. The number of halogens is 1. The molecule has 2 amide bonds. The molecule has 0 saturated carbocycles. The maximum atomic E-state index is 12.9. The highest BCUT2D eigenvalue weighted by atomic mass is 35.5. The van der Waals surface area contributed by atoms with Gasteiger partial charge in [-0.15, -0.1) is 0 Å². The number of hydrogen-bond donors (Lipinski definition) is 0. The van der Waals surface area contributed by atoms with E-state index in [0.29, 0.717) is 37.6 Å². The second-order valence-corrected chi connectivity index (χ2v) is 7.74. The summed E-state index contributed by atoms with van der Waals surface area (Å²) in [4.78, 5) is 35.6. The molecule has 28 heavy (non-hydrogen) atoms. The summed E-state index contributed by atoms with van der Waals surface area (Å²) in [6.07, 6.45) is 2.08. The molecule has 0 spiro atoms. The number of amides is 2. The topological polar surface area (TPSA) is 56.8 Å². The van der Waals surface area contributed by atoms with Crippen LogP contribution in [0.2, 0.25) is 5.02 Å². The lowest BCUT2D eigenvalue weighted by molar-refractivity contribution is -0.136. The van der Waals surface area contributed by atoms with Crippen LogP contribution >= 0.6 is 11.6 Å². The average molecular weight is 399 g/mol. The maximum absolute atomic E-state index is 12.9. The summed E-state index contributed by atoms with van der Waals surface area (Å²) in [6.45, 7) is 3.86. The number of rotatable bonds is 4. The van der Waals surface area contributed by atoms with Crippen LogP contribution in [0.1, 0.15) is 12.0 Å². The molecule has 0 N–H and O–H groups in total. The van der Waals surface area contributed by atoms with E-state index in [-0.39, 0.29) is 17.7 Å². The first-order valence-electron chi connectivity index (χ1n) is 9.57. The van der Waals surface area contributed by atoms with E-state index in [2.05, 4.69) is 9.88 Å². The Hall–Kier alpha value is -2.60. The molecule has 1 unspecified atom stereocenters. The molecule has 1 aromatic carbocycles. The highest BCUT2D eigenvalue weighted by Crippen LogP contribution is 2.24. The van der Waals surface area contributed by atoms with E-state index in [9.17, 15) is 9.59 Å². The third-order valence-electron chi connectivity index (χ3n) is 5.42. The smallest absolute Gasteiger partial charge is 0.228 e. The lowest BCUT2D eigenvalue weighted by Crippen LogP contribution is -2.50. The molecule has 1 aromatic heterocycles. The van der Waals surface area contributed by atoms with Crippen molar-refractivity contribution < 1.29 is 9.59 Å². The lowest BCUT2D eigenvalue weighted by atomic mass is 10.1. The van der Waals surface area contributed by atoms with Crippen molar-refractivity contribution in [2.24, 2.45) is 5.92 Å². The predicted molar refractivity (Wildman–Crippen MR) is 108 cm³/mol. The standard InChI is InChI=1S/C21H23ClN4O2/c22-18-6-4-16(5-7-18)14-26-15-17(13-20(26)27)21(28)25-11-9-24(10-12-25)19-3-1-2-8-23-19/h1-8,17H,9-15H2. The fourth-order valence-corrected chi connectivity index (χ4v) is 3.98. The van der Waals surface area contributed by atoms with Gasteiger partial charge in [-0.1, -0.05) is 29.8 Å². The molecule has 4 rings (SSSR count). The molecule has 2 aromatic rings. The molecule has 2 saturated heterocycles. The van der Waals surface area contributed by atoms with Crippen LogP contribution in [0.4, 0.5) is 5.82 Å². The van der Waals surface area contributed by atoms with Gasteiger partial charge in [-0.05, 0) is 29.8 Å². The van der Waals surface area contributed by atoms with E-state index >= 15 is 0 Å². The van der Waals surface area contributed by atoms with Crippen molar-refractivity contribution in [2.75, 3.05) is 37.6 Å². The van der Waals surface area contributed by atoms with E-state index in [0.717, 1.165) is 24.5 Å². The molecule has 0 radical (unpaired) electrons. The predicted octanol–water partition coefficient (Wildman–Crippen LogP) is 2.43. The van der Waals surface area contributed by atoms with Crippen molar-refractivity contribution in [3.63, 3.8) is 0 Å². The zero-order valence-electron chi connectivity index (χ0n) is 15.6. The Morgan fingerprint density at radius 3 is 2.50 bits per heavy atom. The highest BCUT2D eigenvalue weighted by Gasteiger charge is 2.37. The number of likely N-dealkylation sites (tertiary alicyclic amines) is 1. The monoisotopic (exact) mass is 398 g/mol. The Morgan fingerprint density at radius 1 is 1.07 bits per heavy atom. The molecule has 146 valence electrons. The summed E-state index contributed by atoms with van der Waals surface area (Å²) in [5.41, 5.74) is 1.02. The normalized spacial score (nSPS) is 20.0. The second-order valence-electron chi connectivity index (χ2n) is 7.30. The van der Waals surface area contributed by atoms with Gasteiger partial charge in [0.25, 0.3) is 0 Å². The van der Waals surface area contributed by atoms with Crippen LogP contribution in [-0.2, 0) is 16.1 Å². The fourth-order valence-electron chi connectivity index (χ4n) is 3.86. The first-order chi connectivity index (χ1) is 13.6. The SMILES string of the molecule is O=C1CC(C(=O)N2CCN(c3ccccn3)CC2)CN1Cc1ccc(Cl)cc1. The van der Waals surface area contributed by atoms with Gasteiger partial charge in [0, 0.05) is 56.9 Å². The van der Waals surface area contributed by atoms with Crippen molar-refractivity contribution in [3.8, 4) is 0 Å². The van der Waals surface area contributed by atoms with Crippen LogP contribution in [-0.4, -0.2) is 59.3 Å². The number of carbonyl (C=O) groups is 2. The Kier molecular flexibility index (Phi) is 5.48. The van der Waals surface area contributed by atoms with Crippen LogP contribution in [0, 0.1) is 5.92 Å². The number of aromatic nitrogens is 1. The van der Waals surface area contributed by atoms with E-state index in [1.54, 1.807) is 11.1 Å². The molecule has 2 aliphatic rings. The van der Waals surface area contributed by atoms with Crippen molar-refractivity contribution in [1.29, 1.82) is 0 Å². The van der Waals surface area contributed by atoms with Gasteiger partial charge in [0.15, 0.2) is 0 Å². The van der Waals surface area contributed by atoms with Gasteiger partial charge in [-0.3, -0.25) is 9.59 Å². The highest BCUT2D eigenvalue weighted by molar-refractivity contribution is 6.30. The fraction of sp³-hybridized carbons (Fsp3) is 0.381. The number of hydrogen-bond acceptors (Lipinski definition) is 4. The zero-order valence-corrected chi connectivity index (χ0v) is 16.4. The quantitative estimate of drug-likeness (QED) is 0.793. The van der Waals surface area contributed by atoms with E-state index < -0.39 is 0 Å². The van der Waals surface area contributed by atoms with Gasteiger partial charge in [0.05, 0.1) is 5.92 Å². The van der Waals surface area contributed by atoms with Crippen LogP contribution in [0.15, 0.2) is 48.7 Å². The molecule has 2 fully saturated rings. The molecule has 0 bridgehead atoms. The Bertz CT molecular complexity index is 835. The first-order valence-corrected chi connectivity index (χ1v) is 9.95. The number of piperazine rings is 1. The summed E-state index contributed by atoms with van der Waals surface area (Å²) in [5.74, 6) is 0.828. The van der Waals surface area contributed by atoms with Crippen LogP contribution in [0.3, 0.4) is 0 Å². The van der Waals surface area contributed by atoms with Gasteiger partial charge in [-0.2, -0.15) is 0 Å². The van der Waals surface area contributed by atoms with E-state index in [1.165, 1.54) is 0 Å². The minimum Gasteiger partial charge on any atom is -0.353 e. The maximum Gasteiger partial charge on any atom is 0.228 e. The summed E-state index contributed by atoms with van der Waals surface area (Å²) in [5, 5.41) is 0.675. The van der Waals surface area contributed by atoms with E-state index in [4.69, 9.17) is 11.6 Å². The molecule has 1 atom stereocenters. The molecule has 7 heteroatoms. The minimum absolute atomic E-state index is 0.0421. The number of pyridine rings is 1. The van der Waals surface area contributed by atoms with E-state index in [1.807, 2.05) is 47.4 Å². The van der Waals surface area contributed by atoms with Gasteiger partial charge in [0.2, 0.25) is 11.8 Å². The van der Waals surface area contributed by atoms with Gasteiger partial charge >= 0.3 is 0 Å². The molecule has 2 aliphatic heterocycles. The molecule has 0 aliphatic carbocycles. The summed E-state index contributed by atoms with van der Waals surface area (Å²) >= 11 is 5.92. The van der Waals surface area contributed by atoms with Gasteiger partial charge in [0.1, 0.15) is 5.82 Å². The summed E-state index contributed by atoms with van der Waals surface area (Å²) in [7, 11) is 0.